The SMILES string of the molecule is CCCC1=C2[C@@H](CC/C(=C/c3cc(I)c(O)c(OC)c3)c3ccccc3)OB(O)C[C@@H]2[C@@H]2C(=O)N(CCCCCC(=O)O)C(=O)[C@@H]2C1. The molecule has 0 unspecified atom stereocenters. The van der Waals surface area contributed by atoms with Crippen LogP contribution in [0, 0.1) is 21.3 Å². The van der Waals surface area contributed by atoms with Gasteiger partial charge in [0.25, 0.3) is 0 Å². The van der Waals surface area contributed by atoms with Crippen molar-refractivity contribution in [2.45, 2.75) is 77.1 Å². The molecule has 2 aromatic carbocycles. The lowest BCUT2D eigenvalue weighted by Gasteiger charge is -2.43. The molecule has 4 atom stereocenters. The fourth-order valence-electron chi connectivity index (χ4n) is 7.58. The van der Waals surface area contributed by atoms with Gasteiger partial charge in [-0.05, 0) is 108 Å². The quantitative estimate of drug-likeness (QED) is 0.0493. The highest BCUT2D eigenvalue weighted by Crippen LogP contribution is 2.51. The standard InChI is InChI=1S/C36H43BINO8/c1-3-10-25-20-26-33(36(44)39(35(26)43)16-9-5-8-13-31(40)41)27-21-37(45)47-29(32(25)27)15-14-24(23-11-6-4-7-12-23)17-22-18-28(38)34(42)30(19-22)46-2/h4,6-7,11-12,17-19,26-27,29,33,42,45H,3,5,8-10,13-16,20-21H2,1-2H3,(H,40,41)/b24-17-/t26-,27+,29-,33-/m1/s1. The zero-order chi connectivity index (χ0) is 33.7. The number of imide groups is 1. The molecule has 0 aromatic heterocycles. The van der Waals surface area contributed by atoms with Crippen molar-refractivity contribution in [2.24, 2.45) is 17.8 Å². The van der Waals surface area contributed by atoms with Crippen molar-refractivity contribution in [3.63, 3.8) is 0 Å². The van der Waals surface area contributed by atoms with Gasteiger partial charge in [-0.3, -0.25) is 19.3 Å². The molecule has 250 valence electrons. The van der Waals surface area contributed by atoms with Gasteiger partial charge in [-0.2, -0.15) is 0 Å². The van der Waals surface area contributed by atoms with E-state index in [1.165, 1.54) is 17.6 Å². The van der Waals surface area contributed by atoms with Crippen LogP contribution in [-0.4, -0.2) is 64.8 Å². The number of methoxy groups -OCH3 is 1. The molecule has 3 aliphatic rings. The molecular weight excluding hydrogens is 712 g/mol. The van der Waals surface area contributed by atoms with Gasteiger partial charge in [-0.1, -0.05) is 61.7 Å². The van der Waals surface area contributed by atoms with Crippen molar-refractivity contribution in [1.82, 2.24) is 4.90 Å². The Morgan fingerprint density at radius 3 is 2.57 bits per heavy atom. The predicted octanol–water partition coefficient (Wildman–Crippen LogP) is 6.57. The fraction of sp³-hybridized carbons (Fsp3) is 0.472. The second kappa shape index (κ2) is 15.8. The highest BCUT2D eigenvalue weighted by atomic mass is 127. The second-order valence-electron chi connectivity index (χ2n) is 12.7. The van der Waals surface area contributed by atoms with Crippen LogP contribution >= 0.6 is 22.6 Å². The number of nitrogens with zero attached hydrogens (tertiary/aromatic N) is 1. The van der Waals surface area contributed by atoms with E-state index >= 15 is 0 Å². The predicted molar refractivity (Wildman–Crippen MR) is 188 cm³/mol. The third kappa shape index (κ3) is 7.95. The molecule has 0 bridgehead atoms. The maximum Gasteiger partial charge on any atom is 0.455 e. The van der Waals surface area contributed by atoms with Gasteiger partial charge >= 0.3 is 13.1 Å². The summed E-state index contributed by atoms with van der Waals surface area (Å²) in [5.41, 5.74) is 5.24. The summed E-state index contributed by atoms with van der Waals surface area (Å²) < 4.78 is 12.3. The molecule has 2 saturated heterocycles. The Bertz CT molecular complexity index is 1540. The van der Waals surface area contributed by atoms with Crippen LogP contribution in [0.2, 0.25) is 6.32 Å². The molecule has 0 radical (unpaired) electrons. The molecule has 47 heavy (non-hydrogen) atoms. The number of carbonyl (C=O) groups is 3. The van der Waals surface area contributed by atoms with Crippen LogP contribution in [-0.2, 0) is 19.0 Å². The number of phenolic OH excluding ortho intramolecular Hbond substituents is 1. The summed E-state index contributed by atoms with van der Waals surface area (Å²) in [6.07, 6.45) is 7.17. The number of carbonyl (C=O) groups excluding carboxylic acids is 2. The molecule has 2 heterocycles. The average molecular weight is 755 g/mol. The van der Waals surface area contributed by atoms with Crippen molar-refractivity contribution in [2.75, 3.05) is 13.7 Å². The molecule has 2 fully saturated rings. The lowest BCUT2D eigenvalue weighted by molar-refractivity contribution is -0.141. The largest absolute Gasteiger partial charge is 0.504 e. The summed E-state index contributed by atoms with van der Waals surface area (Å²) >= 11 is 2.09. The summed E-state index contributed by atoms with van der Waals surface area (Å²) in [5, 5.41) is 30.3. The van der Waals surface area contributed by atoms with Crippen molar-refractivity contribution >= 4 is 59.1 Å². The molecule has 2 aromatic rings. The van der Waals surface area contributed by atoms with E-state index in [-0.39, 0.29) is 36.2 Å². The summed E-state index contributed by atoms with van der Waals surface area (Å²) in [7, 11) is 0.481. The van der Waals surface area contributed by atoms with Crippen LogP contribution < -0.4 is 4.74 Å². The fourth-order valence-corrected chi connectivity index (χ4v) is 8.21. The molecule has 5 rings (SSSR count). The zero-order valence-electron chi connectivity index (χ0n) is 27.0. The Kier molecular flexibility index (Phi) is 11.8. The molecule has 2 aliphatic heterocycles. The Morgan fingerprint density at radius 1 is 1.11 bits per heavy atom. The van der Waals surface area contributed by atoms with Gasteiger partial charge in [-0.25, -0.2) is 0 Å². The maximum absolute atomic E-state index is 13.8. The Hall–Kier alpha value is -3.16. The highest BCUT2D eigenvalue weighted by Gasteiger charge is 2.56. The lowest BCUT2D eigenvalue weighted by atomic mass is 9.58. The number of hydrogen-bond acceptors (Lipinski definition) is 7. The number of carboxylic acids is 1. The van der Waals surface area contributed by atoms with E-state index in [2.05, 4.69) is 47.7 Å². The summed E-state index contributed by atoms with van der Waals surface area (Å²) in [4.78, 5) is 39.7. The third-order valence-electron chi connectivity index (χ3n) is 9.66. The first-order chi connectivity index (χ1) is 22.6. The number of rotatable bonds is 14. The number of allylic oxidation sites excluding steroid dienone is 2. The number of likely N-dealkylation sites (tertiary alicyclic amines) is 1. The van der Waals surface area contributed by atoms with E-state index in [4.69, 9.17) is 14.5 Å². The van der Waals surface area contributed by atoms with E-state index in [9.17, 15) is 24.5 Å². The molecule has 2 amide bonds. The van der Waals surface area contributed by atoms with Crippen LogP contribution in [0.4, 0.5) is 0 Å². The van der Waals surface area contributed by atoms with E-state index < -0.39 is 31.0 Å². The van der Waals surface area contributed by atoms with Crippen LogP contribution in [0.1, 0.15) is 75.8 Å². The molecule has 3 N–H and O–H groups in total. The number of halogens is 1. The third-order valence-corrected chi connectivity index (χ3v) is 10.5. The summed E-state index contributed by atoms with van der Waals surface area (Å²) in [5.74, 6) is -1.89. The minimum atomic E-state index is -1.05. The van der Waals surface area contributed by atoms with Gasteiger partial charge in [0.15, 0.2) is 11.5 Å². The van der Waals surface area contributed by atoms with Gasteiger partial charge in [0.05, 0.1) is 28.6 Å². The van der Waals surface area contributed by atoms with Crippen molar-refractivity contribution < 1.29 is 39.0 Å². The molecule has 11 heteroatoms. The number of fused-ring (bicyclic) bond motifs is 3. The number of ether oxygens (including phenoxy) is 1. The normalized spacial score (nSPS) is 22.9. The Labute approximate surface area is 290 Å². The van der Waals surface area contributed by atoms with Crippen LogP contribution in [0.3, 0.4) is 0 Å². The first-order valence-electron chi connectivity index (χ1n) is 16.6. The van der Waals surface area contributed by atoms with E-state index in [0.717, 1.165) is 35.1 Å². The minimum absolute atomic E-state index is 0.0752. The minimum Gasteiger partial charge on any atom is -0.504 e. The van der Waals surface area contributed by atoms with Gasteiger partial charge in [0, 0.05) is 13.0 Å². The van der Waals surface area contributed by atoms with E-state index in [1.807, 2.05) is 24.3 Å². The van der Waals surface area contributed by atoms with Crippen molar-refractivity contribution in [3.8, 4) is 11.5 Å². The molecular formula is C36H43BINO8. The summed E-state index contributed by atoms with van der Waals surface area (Å²) in [6.45, 7) is 2.40. The van der Waals surface area contributed by atoms with Crippen LogP contribution in [0.5, 0.6) is 11.5 Å². The second-order valence-corrected chi connectivity index (χ2v) is 13.9. The topological polar surface area (TPSA) is 134 Å². The Morgan fingerprint density at radius 2 is 1.87 bits per heavy atom. The van der Waals surface area contributed by atoms with Gasteiger partial charge in [-0.15, -0.1) is 0 Å². The number of unbranched alkanes of at least 4 members (excludes halogenated alkanes) is 2. The number of carboxylic acid groups (broad SMARTS) is 1. The number of phenols is 1. The highest BCUT2D eigenvalue weighted by molar-refractivity contribution is 14.1. The Balaban J connectivity index is 1.41. The smallest absolute Gasteiger partial charge is 0.455 e. The van der Waals surface area contributed by atoms with Gasteiger partial charge in [0.2, 0.25) is 11.8 Å². The van der Waals surface area contributed by atoms with Crippen molar-refractivity contribution in [3.05, 3.63) is 68.3 Å². The monoisotopic (exact) mass is 755 g/mol. The van der Waals surface area contributed by atoms with Gasteiger partial charge in [0.1, 0.15) is 0 Å². The number of amides is 2. The summed E-state index contributed by atoms with van der Waals surface area (Å²) in [6, 6.07) is 13.8. The van der Waals surface area contributed by atoms with Crippen LogP contribution in [0.15, 0.2) is 53.6 Å². The molecule has 0 spiro atoms. The lowest BCUT2D eigenvalue weighted by Crippen LogP contribution is -2.46. The first-order valence-corrected chi connectivity index (χ1v) is 17.7. The molecule has 9 nitrogen and oxygen atoms in total. The number of aromatic hydroxyl groups is 1. The number of benzene rings is 2. The van der Waals surface area contributed by atoms with Crippen molar-refractivity contribution in [1.29, 1.82) is 0 Å². The molecule has 0 saturated carbocycles. The molecule has 1 aliphatic carbocycles. The van der Waals surface area contributed by atoms with Gasteiger partial charge < -0.3 is 24.6 Å². The average Bonchev–Trinajstić information content (AvgIpc) is 3.29. The maximum atomic E-state index is 13.8. The van der Waals surface area contributed by atoms with E-state index in [0.29, 0.717) is 54.4 Å². The first kappa shape index (κ1) is 35.2. The van der Waals surface area contributed by atoms with E-state index in [1.54, 1.807) is 6.07 Å². The zero-order valence-corrected chi connectivity index (χ0v) is 29.1. The number of aliphatic carboxylic acids is 1. The van der Waals surface area contributed by atoms with Crippen LogP contribution in [0.25, 0.3) is 11.6 Å². The number of hydrogen-bond donors (Lipinski definition) is 3.